The van der Waals surface area contributed by atoms with E-state index < -0.39 is 0 Å². The van der Waals surface area contributed by atoms with Crippen molar-refractivity contribution in [2.75, 3.05) is 17.2 Å². The number of nitrogens with two attached hydrogens (primary N) is 1. The molecule has 2 aromatic heterocycles. The van der Waals surface area contributed by atoms with Crippen LogP contribution >= 0.6 is 27.5 Å². The Morgan fingerprint density at radius 3 is 2.79 bits per heavy atom. The van der Waals surface area contributed by atoms with Crippen LogP contribution in [0.3, 0.4) is 0 Å². The van der Waals surface area contributed by atoms with Crippen LogP contribution in [0.4, 0.5) is 11.8 Å². The molecular weight excluding hydrogens is 392 g/mol. The zero-order chi connectivity index (χ0) is 16.7. The van der Waals surface area contributed by atoms with Gasteiger partial charge < -0.3 is 10.6 Å². The van der Waals surface area contributed by atoms with Crippen molar-refractivity contribution in [3.63, 3.8) is 0 Å². The van der Waals surface area contributed by atoms with Crippen molar-refractivity contribution in [1.29, 1.82) is 0 Å². The van der Waals surface area contributed by atoms with E-state index >= 15 is 0 Å². The molecule has 0 saturated heterocycles. The van der Waals surface area contributed by atoms with E-state index in [0.717, 1.165) is 33.8 Å². The van der Waals surface area contributed by atoms with Crippen LogP contribution in [0, 0.1) is 0 Å². The molecule has 122 valence electrons. The van der Waals surface area contributed by atoms with Gasteiger partial charge in [0.25, 0.3) is 0 Å². The minimum absolute atomic E-state index is 0.226. The summed E-state index contributed by atoms with van der Waals surface area (Å²) in [6.45, 7) is 1.52. The molecule has 1 aliphatic rings. The third-order valence-electron chi connectivity index (χ3n) is 4.08. The number of halogens is 2. The highest BCUT2D eigenvalue weighted by atomic mass is 79.9. The average molecular weight is 406 g/mol. The van der Waals surface area contributed by atoms with E-state index in [9.17, 15) is 0 Å². The van der Waals surface area contributed by atoms with E-state index in [4.69, 9.17) is 17.3 Å². The molecule has 0 spiro atoms. The zero-order valence-corrected chi connectivity index (χ0v) is 15.0. The van der Waals surface area contributed by atoms with Crippen LogP contribution in [0.2, 0.25) is 5.02 Å². The smallest absolute Gasteiger partial charge is 0.224 e. The third-order valence-corrected chi connectivity index (χ3v) is 5.17. The second kappa shape index (κ2) is 6.07. The summed E-state index contributed by atoms with van der Waals surface area (Å²) in [5, 5.41) is 4.97. The second-order valence-corrected chi connectivity index (χ2v) is 6.81. The Morgan fingerprint density at radius 1 is 1.17 bits per heavy atom. The van der Waals surface area contributed by atoms with Gasteiger partial charge in [0.2, 0.25) is 5.95 Å². The molecule has 0 saturated carbocycles. The van der Waals surface area contributed by atoms with E-state index in [1.54, 1.807) is 10.9 Å². The van der Waals surface area contributed by atoms with Crippen LogP contribution in [-0.2, 0) is 13.0 Å². The minimum atomic E-state index is 0.226. The van der Waals surface area contributed by atoms with Crippen molar-refractivity contribution in [3.05, 3.63) is 57.3 Å². The molecule has 0 radical (unpaired) electrons. The number of hydrogen-bond donors (Lipinski definition) is 1. The fraction of sp³-hybridized carbons (Fsp3) is 0.188. The number of fused-ring (bicyclic) bond motifs is 1. The summed E-state index contributed by atoms with van der Waals surface area (Å²) in [4.78, 5) is 10.8. The van der Waals surface area contributed by atoms with Gasteiger partial charge in [-0.15, -0.1) is 0 Å². The van der Waals surface area contributed by atoms with Gasteiger partial charge in [0.05, 0.1) is 0 Å². The molecule has 24 heavy (non-hydrogen) atoms. The first kappa shape index (κ1) is 15.4. The van der Waals surface area contributed by atoms with Gasteiger partial charge in [0.1, 0.15) is 5.82 Å². The van der Waals surface area contributed by atoms with Crippen molar-refractivity contribution in [1.82, 2.24) is 19.7 Å². The maximum absolute atomic E-state index is 6.39. The summed E-state index contributed by atoms with van der Waals surface area (Å²) in [6, 6.07) is 7.64. The topological polar surface area (TPSA) is 72.9 Å². The monoisotopic (exact) mass is 404 g/mol. The Labute approximate surface area is 152 Å². The molecule has 1 aromatic carbocycles. The number of nitrogens with zero attached hydrogens (tertiary/aromatic N) is 5. The Balaban J connectivity index is 1.71. The average Bonchev–Trinajstić information content (AvgIpc) is 3.12. The van der Waals surface area contributed by atoms with Gasteiger partial charge in [-0.05, 0) is 35.7 Å². The highest BCUT2D eigenvalue weighted by Gasteiger charge is 2.22. The van der Waals surface area contributed by atoms with Crippen LogP contribution in [0.5, 0.6) is 0 Å². The normalized spacial score (nSPS) is 13.8. The van der Waals surface area contributed by atoms with E-state index in [-0.39, 0.29) is 5.95 Å². The predicted octanol–water partition coefficient (Wildman–Crippen LogP) is 3.22. The standard InChI is InChI=1S/C16H14BrClN6/c17-12-2-3-13(18)11-9-23(7-4-10(11)12)14-8-15(22-16(19)21-14)24-6-1-5-20-24/h1-3,5-6,8H,4,7,9H2,(H2,19,21,22). The van der Waals surface area contributed by atoms with Gasteiger partial charge in [-0.2, -0.15) is 15.1 Å². The lowest BCUT2D eigenvalue weighted by Crippen LogP contribution is -2.32. The molecule has 0 aliphatic carbocycles. The minimum Gasteiger partial charge on any atom is -0.368 e. The lowest BCUT2D eigenvalue weighted by Gasteiger charge is -2.31. The first-order valence-electron chi connectivity index (χ1n) is 7.47. The Kier molecular flexibility index (Phi) is 3.90. The highest BCUT2D eigenvalue weighted by Crippen LogP contribution is 2.33. The molecule has 0 atom stereocenters. The molecule has 4 rings (SSSR count). The first-order chi connectivity index (χ1) is 11.6. The molecule has 8 heteroatoms. The maximum atomic E-state index is 6.39. The summed E-state index contributed by atoms with van der Waals surface area (Å²) < 4.78 is 2.77. The van der Waals surface area contributed by atoms with Crippen molar-refractivity contribution in [2.24, 2.45) is 0 Å². The third kappa shape index (κ3) is 2.74. The highest BCUT2D eigenvalue weighted by molar-refractivity contribution is 9.10. The summed E-state index contributed by atoms with van der Waals surface area (Å²) in [7, 11) is 0. The number of rotatable bonds is 2. The quantitative estimate of drug-likeness (QED) is 0.708. The molecule has 0 unspecified atom stereocenters. The molecule has 3 aromatic rings. The first-order valence-corrected chi connectivity index (χ1v) is 8.64. The van der Waals surface area contributed by atoms with Crippen molar-refractivity contribution < 1.29 is 0 Å². The second-order valence-electron chi connectivity index (χ2n) is 5.55. The Hall–Kier alpha value is -2.12. The summed E-state index contributed by atoms with van der Waals surface area (Å²) in [5.74, 6) is 1.65. The lowest BCUT2D eigenvalue weighted by molar-refractivity contribution is 0.715. The Bertz CT molecular complexity index is 896. The largest absolute Gasteiger partial charge is 0.368 e. The summed E-state index contributed by atoms with van der Waals surface area (Å²) >= 11 is 10.00. The van der Waals surface area contributed by atoms with E-state index in [1.165, 1.54) is 5.56 Å². The van der Waals surface area contributed by atoms with Crippen molar-refractivity contribution >= 4 is 39.3 Å². The number of benzene rings is 1. The molecule has 0 fully saturated rings. The number of anilines is 2. The van der Waals surface area contributed by atoms with Crippen LogP contribution in [0.1, 0.15) is 11.1 Å². The van der Waals surface area contributed by atoms with Crippen LogP contribution in [0.25, 0.3) is 5.82 Å². The van der Waals surface area contributed by atoms with E-state index in [0.29, 0.717) is 12.4 Å². The van der Waals surface area contributed by atoms with E-state index in [2.05, 4.69) is 35.9 Å². The van der Waals surface area contributed by atoms with Gasteiger partial charge >= 0.3 is 0 Å². The van der Waals surface area contributed by atoms with Crippen LogP contribution < -0.4 is 10.6 Å². The number of nitrogen functional groups attached to an aromatic ring is 1. The predicted molar refractivity (Wildman–Crippen MR) is 97.5 cm³/mol. The van der Waals surface area contributed by atoms with Gasteiger partial charge in [-0.3, -0.25) is 0 Å². The number of hydrogen-bond acceptors (Lipinski definition) is 5. The van der Waals surface area contributed by atoms with Gasteiger partial charge in [-0.1, -0.05) is 27.5 Å². The molecular formula is C16H14BrClN6. The zero-order valence-electron chi connectivity index (χ0n) is 12.7. The summed E-state index contributed by atoms with van der Waals surface area (Å²) in [5.41, 5.74) is 8.28. The molecule has 1 aliphatic heterocycles. The lowest BCUT2D eigenvalue weighted by atomic mass is 10.00. The van der Waals surface area contributed by atoms with Crippen LogP contribution in [0.15, 0.2) is 41.1 Å². The van der Waals surface area contributed by atoms with Crippen LogP contribution in [-0.4, -0.2) is 26.3 Å². The fourth-order valence-corrected chi connectivity index (χ4v) is 3.72. The SMILES string of the molecule is Nc1nc(N2CCc3c(Br)ccc(Cl)c3C2)cc(-n2cccn2)n1. The molecule has 0 bridgehead atoms. The fourth-order valence-electron chi connectivity index (χ4n) is 2.91. The molecule has 0 amide bonds. The molecule has 2 N–H and O–H groups in total. The van der Waals surface area contributed by atoms with Crippen molar-refractivity contribution in [2.45, 2.75) is 13.0 Å². The number of aromatic nitrogens is 4. The van der Waals surface area contributed by atoms with Gasteiger partial charge in [0, 0.05) is 41.0 Å². The molecule has 3 heterocycles. The maximum Gasteiger partial charge on any atom is 0.224 e. The van der Waals surface area contributed by atoms with Gasteiger partial charge in [-0.25, -0.2) is 4.68 Å². The van der Waals surface area contributed by atoms with Gasteiger partial charge in [0.15, 0.2) is 5.82 Å². The van der Waals surface area contributed by atoms with E-state index in [1.807, 2.05) is 30.5 Å². The van der Waals surface area contributed by atoms with Crippen molar-refractivity contribution in [3.8, 4) is 5.82 Å². The summed E-state index contributed by atoms with van der Waals surface area (Å²) in [6.07, 6.45) is 4.41. The Morgan fingerprint density at radius 2 is 2.00 bits per heavy atom. The molecule has 6 nitrogen and oxygen atoms in total.